The molecule has 0 bridgehead atoms. The second-order valence-electron chi connectivity index (χ2n) is 5.36. The highest BCUT2D eigenvalue weighted by atomic mass is 16.3. The molecule has 0 aromatic heterocycles. The van der Waals surface area contributed by atoms with E-state index in [1.54, 1.807) is 0 Å². The van der Waals surface area contributed by atoms with Crippen LogP contribution in [-0.2, 0) is 11.8 Å². The van der Waals surface area contributed by atoms with Crippen LogP contribution in [0.2, 0.25) is 0 Å². The fraction of sp³-hybridized carbons (Fsp3) is 0.571. The SMILES string of the molecule is CC(C)(O)C1(CN)CCCc2ccccc21. The molecule has 0 heterocycles. The second-order valence-corrected chi connectivity index (χ2v) is 5.36. The van der Waals surface area contributed by atoms with Crippen LogP contribution in [0.25, 0.3) is 0 Å². The van der Waals surface area contributed by atoms with Crippen molar-refractivity contribution in [2.75, 3.05) is 6.54 Å². The van der Waals surface area contributed by atoms with E-state index in [2.05, 4.69) is 18.2 Å². The number of aryl methyl sites for hydroxylation is 1. The molecule has 0 aliphatic heterocycles. The molecule has 0 spiro atoms. The zero-order chi connectivity index (χ0) is 11.8. The van der Waals surface area contributed by atoms with Gasteiger partial charge in [0.1, 0.15) is 0 Å². The maximum absolute atomic E-state index is 10.5. The Kier molecular flexibility index (Phi) is 2.81. The van der Waals surface area contributed by atoms with Crippen LogP contribution in [0.15, 0.2) is 24.3 Å². The van der Waals surface area contributed by atoms with Crippen LogP contribution >= 0.6 is 0 Å². The Morgan fingerprint density at radius 3 is 2.69 bits per heavy atom. The molecule has 88 valence electrons. The first-order valence-corrected chi connectivity index (χ1v) is 6.02. The van der Waals surface area contributed by atoms with Gasteiger partial charge in [0.05, 0.1) is 5.60 Å². The molecule has 0 radical (unpaired) electrons. The third kappa shape index (κ3) is 1.57. The number of hydrogen-bond donors (Lipinski definition) is 2. The number of rotatable bonds is 2. The van der Waals surface area contributed by atoms with Crippen LogP contribution in [0, 0.1) is 0 Å². The predicted molar refractivity (Wildman–Crippen MR) is 66.4 cm³/mol. The lowest BCUT2D eigenvalue weighted by Crippen LogP contribution is -2.54. The largest absolute Gasteiger partial charge is 0.389 e. The van der Waals surface area contributed by atoms with Gasteiger partial charge in [-0.2, -0.15) is 0 Å². The molecule has 16 heavy (non-hydrogen) atoms. The minimum absolute atomic E-state index is 0.276. The van der Waals surface area contributed by atoms with Crippen molar-refractivity contribution in [3.8, 4) is 0 Å². The van der Waals surface area contributed by atoms with Crippen molar-refractivity contribution in [2.45, 2.75) is 44.1 Å². The number of benzene rings is 1. The standard InChI is InChI=1S/C14H21NO/c1-13(2,16)14(10-15)9-5-7-11-6-3-4-8-12(11)14/h3-4,6,8,16H,5,7,9-10,15H2,1-2H3. The molecule has 1 atom stereocenters. The third-order valence-electron chi connectivity index (χ3n) is 4.10. The van der Waals surface area contributed by atoms with E-state index in [1.807, 2.05) is 19.9 Å². The van der Waals surface area contributed by atoms with Crippen LogP contribution < -0.4 is 5.73 Å². The van der Waals surface area contributed by atoms with E-state index in [-0.39, 0.29) is 5.41 Å². The lowest BCUT2D eigenvalue weighted by Gasteiger charge is -2.46. The van der Waals surface area contributed by atoms with Gasteiger partial charge in [0, 0.05) is 12.0 Å². The molecule has 1 unspecified atom stereocenters. The average Bonchev–Trinajstić information content (AvgIpc) is 2.26. The number of fused-ring (bicyclic) bond motifs is 1. The monoisotopic (exact) mass is 219 g/mol. The summed E-state index contributed by atoms with van der Waals surface area (Å²) in [7, 11) is 0. The first-order chi connectivity index (χ1) is 7.51. The van der Waals surface area contributed by atoms with E-state index in [4.69, 9.17) is 5.73 Å². The molecule has 2 rings (SSSR count). The molecule has 2 nitrogen and oxygen atoms in total. The fourth-order valence-corrected chi connectivity index (χ4v) is 3.02. The highest BCUT2D eigenvalue weighted by Crippen LogP contribution is 2.43. The van der Waals surface area contributed by atoms with Gasteiger partial charge < -0.3 is 10.8 Å². The molecule has 1 aromatic carbocycles. The number of hydrogen-bond acceptors (Lipinski definition) is 2. The first-order valence-electron chi connectivity index (χ1n) is 6.02. The van der Waals surface area contributed by atoms with Crippen LogP contribution in [0.3, 0.4) is 0 Å². The van der Waals surface area contributed by atoms with Crippen molar-refractivity contribution in [3.63, 3.8) is 0 Å². The maximum atomic E-state index is 10.5. The van der Waals surface area contributed by atoms with Gasteiger partial charge in [-0.25, -0.2) is 0 Å². The molecule has 1 aliphatic rings. The van der Waals surface area contributed by atoms with Gasteiger partial charge >= 0.3 is 0 Å². The summed E-state index contributed by atoms with van der Waals surface area (Å²) in [5.41, 5.74) is 7.53. The zero-order valence-electron chi connectivity index (χ0n) is 10.2. The van der Waals surface area contributed by atoms with E-state index in [1.165, 1.54) is 11.1 Å². The molecule has 1 aliphatic carbocycles. The number of nitrogens with two attached hydrogens (primary N) is 1. The summed E-state index contributed by atoms with van der Waals surface area (Å²) in [5, 5.41) is 10.5. The van der Waals surface area contributed by atoms with Gasteiger partial charge in [-0.1, -0.05) is 24.3 Å². The van der Waals surface area contributed by atoms with Crippen LogP contribution in [0.1, 0.15) is 37.8 Å². The molecular weight excluding hydrogens is 198 g/mol. The maximum Gasteiger partial charge on any atom is 0.0700 e. The molecule has 1 aromatic rings. The van der Waals surface area contributed by atoms with E-state index in [0.717, 1.165) is 19.3 Å². The highest BCUT2D eigenvalue weighted by molar-refractivity contribution is 5.39. The minimum Gasteiger partial charge on any atom is -0.389 e. The fourth-order valence-electron chi connectivity index (χ4n) is 3.02. The molecule has 3 N–H and O–H groups in total. The quantitative estimate of drug-likeness (QED) is 0.799. The Morgan fingerprint density at radius 2 is 2.06 bits per heavy atom. The van der Waals surface area contributed by atoms with Crippen molar-refractivity contribution in [1.29, 1.82) is 0 Å². The van der Waals surface area contributed by atoms with Crippen molar-refractivity contribution >= 4 is 0 Å². The lowest BCUT2D eigenvalue weighted by molar-refractivity contribution is -0.0121. The summed E-state index contributed by atoms with van der Waals surface area (Å²) >= 11 is 0. The van der Waals surface area contributed by atoms with Gasteiger partial charge in [-0.3, -0.25) is 0 Å². The average molecular weight is 219 g/mol. The Labute approximate surface area is 97.5 Å². The van der Waals surface area contributed by atoms with Gasteiger partial charge in [0.25, 0.3) is 0 Å². The summed E-state index contributed by atoms with van der Waals surface area (Å²) < 4.78 is 0. The third-order valence-corrected chi connectivity index (χ3v) is 4.10. The topological polar surface area (TPSA) is 46.2 Å². The molecular formula is C14H21NO. The van der Waals surface area contributed by atoms with Crippen molar-refractivity contribution < 1.29 is 5.11 Å². The Hall–Kier alpha value is -0.860. The summed E-state index contributed by atoms with van der Waals surface area (Å²) in [6, 6.07) is 8.39. The molecule has 0 fully saturated rings. The molecule has 0 amide bonds. The van der Waals surface area contributed by atoms with E-state index >= 15 is 0 Å². The van der Waals surface area contributed by atoms with E-state index in [0.29, 0.717) is 6.54 Å². The van der Waals surface area contributed by atoms with Crippen molar-refractivity contribution in [1.82, 2.24) is 0 Å². The summed E-state index contributed by atoms with van der Waals surface area (Å²) in [5.74, 6) is 0. The van der Waals surface area contributed by atoms with Crippen molar-refractivity contribution in [3.05, 3.63) is 35.4 Å². The van der Waals surface area contributed by atoms with E-state index < -0.39 is 5.60 Å². The Balaban J connectivity index is 2.58. The normalized spacial score (nSPS) is 25.2. The highest BCUT2D eigenvalue weighted by Gasteiger charge is 2.46. The summed E-state index contributed by atoms with van der Waals surface area (Å²) in [6.07, 6.45) is 3.19. The summed E-state index contributed by atoms with van der Waals surface area (Å²) in [6.45, 7) is 4.26. The first kappa shape index (κ1) is 11.6. The molecule has 2 heteroatoms. The Bertz CT molecular complexity index is 381. The van der Waals surface area contributed by atoms with Gasteiger partial charge in [0.15, 0.2) is 0 Å². The smallest absolute Gasteiger partial charge is 0.0700 e. The van der Waals surface area contributed by atoms with Gasteiger partial charge in [0.2, 0.25) is 0 Å². The predicted octanol–water partition coefficient (Wildman–Crippen LogP) is 1.99. The molecule has 0 saturated heterocycles. The molecule has 0 saturated carbocycles. The minimum atomic E-state index is -0.766. The van der Waals surface area contributed by atoms with Crippen molar-refractivity contribution in [2.24, 2.45) is 5.73 Å². The summed E-state index contributed by atoms with van der Waals surface area (Å²) in [4.78, 5) is 0. The van der Waals surface area contributed by atoms with Crippen LogP contribution in [0.4, 0.5) is 0 Å². The van der Waals surface area contributed by atoms with Gasteiger partial charge in [-0.05, 0) is 44.2 Å². The zero-order valence-corrected chi connectivity index (χ0v) is 10.2. The van der Waals surface area contributed by atoms with Crippen LogP contribution in [0.5, 0.6) is 0 Å². The van der Waals surface area contributed by atoms with Gasteiger partial charge in [-0.15, -0.1) is 0 Å². The number of aliphatic hydroxyl groups is 1. The van der Waals surface area contributed by atoms with Crippen LogP contribution in [-0.4, -0.2) is 17.3 Å². The Morgan fingerprint density at radius 1 is 1.38 bits per heavy atom. The lowest BCUT2D eigenvalue weighted by atomic mass is 9.61. The van der Waals surface area contributed by atoms with E-state index in [9.17, 15) is 5.11 Å². The second kappa shape index (κ2) is 3.86.